The van der Waals surface area contributed by atoms with E-state index in [1.165, 1.54) is 0 Å². The van der Waals surface area contributed by atoms with Crippen molar-refractivity contribution < 1.29 is 15.0 Å². The summed E-state index contributed by atoms with van der Waals surface area (Å²) in [4.78, 5) is 18.6. The third-order valence-electron chi connectivity index (χ3n) is 3.70. The molecule has 1 saturated heterocycles. The van der Waals surface area contributed by atoms with Crippen molar-refractivity contribution in [3.8, 4) is 0 Å². The van der Waals surface area contributed by atoms with Gasteiger partial charge in [0.05, 0.1) is 24.3 Å². The zero-order valence-corrected chi connectivity index (χ0v) is 13.9. The topological polar surface area (TPSA) is 73.7 Å². The summed E-state index contributed by atoms with van der Waals surface area (Å²) in [6.45, 7) is 2.98. The molecule has 5 nitrogen and oxygen atoms in total. The second-order valence-corrected chi connectivity index (χ2v) is 7.70. The number of aliphatic hydroxyl groups excluding tert-OH is 1. The molecule has 7 heteroatoms. The summed E-state index contributed by atoms with van der Waals surface area (Å²) < 4.78 is 1.01. The summed E-state index contributed by atoms with van der Waals surface area (Å²) in [6, 6.07) is 0. The number of aromatic nitrogens is 1. The van der Waals surface area contributed by atoms with Crippen LogP contribution in [0.1, 0.15) is 31.9 Å². The molecular formula is C14H22N2O3S2. The fourth-order valence-electron chi connectivity index (χ4n) is 2.41. The number of nitrogens with zero attached hydrogens (tertiary/aromatic N) is 2. The maximum Gasteiger partial charge on any atom is 0.228 e. The van der Waals surface area contributed by atoms with Crippen LogP contribution in [-0.2, 0) is 11.2 Å². The lowest BCUT2D eigenvalue weighted by atomic mass is 9.96. The Kier molecular flexibility index (Phi) is 6.04. The zero-order valence-electron chi connectivity index (χ0n) is 12.2. The van der Waals surface area contributed by atoms with Crippen molar-refractivity contribution in [2.24, 2.45) is 0 Å². The van der Waals surface area contributed by atoms with Gasteiger partial charge in [0, 0.05) is 18.5 Å². The molecule has 1 aromatic heterocycles. The van der Waals surface area contributed by atoms with Crippen LogP contribution in [0.4, 0.5) is 0 Å². The minimum atomic E-state index is -1.03. The van der Waals surface area contributed by atoms with Crippen LogP contribution in [0.15, 0.2) is 9.72 Å². The van der Waals surface area contributed by atoms with E-state index >= 15 is 0 Å². The summed E-state index contributed by atoms with van der Waals surface area (Å²) in [7, 11) is 0. The lowest BCUT2D eigenvalue weighted by Crippen LogP contribution is -2.37. The van der Waals surface area contributed by atoms with Crippen LogP contribution in [0, 0.1) is 0 Å². The molecule has 2 N–H and O–H groups in total. The molecule has 1 atom stereocenters. The van der Waals surface area contributed by atoms with Gasteiger partial charge in [0.1, 0.15) is 4.34 Å². The van der Waals surface area contributed by atoms with Gasteiger partial charge in [-0.1, -0.05) is 18.7 Å². The number of amides is 1. The van der Waals surface area contributed by atoms with Crippen molar-refractivity contribution in [3.63, 3.8) is 0 Å². The standard InChI is InChI=1S/C14H22N2O3S2/c1-2-20-13-15-11(9-21-13)8-12(18)16-6-3-4-14(19,10-17)5-7-16/h9,17,19H,2-8,10H2,1H3. The first-order valence-electron chi connectivity index (χ1n) is 7.24. The smallest absolute Gasteiger partial charge is 0.228 e. The van der Waals surface area contributed by atoms with Crippen LogP contribution in [0.2, 0.25) is 0 Å². The molecule has 1 unspecified atom stereocenters. The number of rotatable bonds is 5. The largest absolute Gasteiger partial charge is 0.393 e. The summed E-state index contributed by atoms with van der Waals surface area (Å²) >= 11 is 3.26. The quantitative estimate of drug-likeness (QED) is 0.801. The Balaban J connectivity index is 1.90. The van der Waals surface area contributed by atoms with Gasteiger partial charge >= 0.3 is 0 Å². The van der Waals surface area contributed by atoms with Gasteiger partial charge in [0.25, 0.3) is 0 Å². The third-order valence-corrected chi connectivity index (χ3v) is 5.65. The van der Waals surface area contributed by atoms with Crippen molar-refractivity contribution in [1.82, 2.24) is 9.88 Å². The molecule has 1 aliphatic rings. The Labute approximate surface area is 133 Å². The predicted octanol–water partition coefficient (Wildman–Crippen LogP) is 1.53. The third kappa shape index (κ3) is 4.67. The highest BCUT2D eigenvalue weighted by molar-refractivity contribution is 8.00. The molecule has 1 amide bonds. The first kappa shape index (κ1) is 16.7. The van der Waals surface area contributed by atoms with Crippen molar-refractivity contribution in [3.05, 3.63) is 11.1 Å². The molecule has 0 aromatic carbocycles. The highest BCUT2D eigenvalue weighted by atomic mass is 32.2. The monoisotopic (exact) mass is 330 g/mol. The fraction of sp³-hybridized carbons (Fsp3) is 0.714. The van der Waals surface area contributed by atoms with E-state index in [4.69, 9.17) is 0 Å². The summed E-state index contributed by atoms with van der Waals surface area (Å²) in [5, 5.41) is 21.3. The minimum absolute atomic E-state index is 0.0514. The number of hydrogen-bond acceptors (Lipinski definition) is 6. The lowest BCUT2D eigenvalue weighted by molar-refractivity contribution is -0.130. The highest BCUT2D eigenvalue weighted by Gasteiger charge is 2.30. The van der Waals surface area contributed by atoms with Crippen molar-refractivity contribution in [1.29, 1.82) is 0 Å². The Morgan fingerprint density at radius 1 is 1.52 bits per heavy atom. The van der Waals surface area contributed by atoms with Crippen LogP contribution in [0.25, 0.3) is 0 Å². The Hall–Kier alpha value is -0.630. The lowest BCUT2D eigenvalue weighted by Gasteiger charge is -2.24. The van der Waals surface area contributed by atoms with E-state index in [0.29, 0.717) is 32.4 Å². The molecule has 1 aliphatic heterocycles. The zero-order chi connectivity index (χ0) is 15.3. The molecule has 0 spiro atoms. The molecule has 118 valence electrons. The first-order valence-corrected chi connectivity index (χ1v) is 9.11. The van der Waals surface area contributed by atoms with Gasteiger partial charge < -0.3 is 15.1 Å². The summed E-state index contributed by atoms with van der Waals surface area (Å²) in [5.41, 5.74) is -0.205. The van der Waals surface area contributed by atoms with Crippen LogP contribution in [0.3, 0.4) is 0 Å². The molecule has 0 aliphatic carbocycles. The molecule has 0 saturated carbocycles. The average molecular weight is 330 g/mol. The molecule has 21 heavy (non-hydrogen) atoms. The second kappa shape index (κ2) is 7.58. The van der Waals surface area contributed by atoms with Gasteiger partial charge in [-0.3, -0.25) is 4.79 Å². The molecule has 0 radical (unpaired) electrons. The van der Waals surface area contributed by atoms with E-state index in [9.17, 15) is 15.0 Å². The normalized spacial score (nSPS) is 23.1. The predicted molar refractivity (Wildman–Crippen MR) is 84.7 cm³/mol. The van der Waals surface area contributed by atoms with Gasteiger partial charge in [-0.05, 0) is 25.0 Å². The minimum Gasteiger partial charge on any atom is -0.393 e. The van der Waals surface area contributed by atoms with Gasteiger partial charge in [0.15, 0.2) is 0 Å². The van der Waals surface area contributed by atoms with Crippen LogP contribution < -0.4 is 0 Å². The number of carbonyl (C=O) groups excluding carboxylic acids is 1. The molecule has 1 aromatic rings. The fourth-order valence-corrected chi connectivity index (χ4v) is 4.15. The number of carbonyl (C=O) groups is 1. The summed E-state index contributed by atoms with van der Waals surface area (Å²) in [6.07, 6.45) is 2.01. The van der Waals surface area contributed by atoms with Gasteiger partial charge in [-0.2, -0.15) is 0 Å². The van der Waals surface area contributed by atoms with Crippen molar-refractivity contribution >= 4 is 29.0 Å². The number of likely N-dealkylation sites (tertiary alicyclic amines) is 1. The maximum absolute atomic E-state index is 12.3. The molecule has 0 bridgehead atoms. The van der Waals surface area contributed by atoms with Crippen LogP contribution >= 0.6 is 23.1 Å². The van der Waals surface area contributed by atoms with E-state index in [1.807, 2.05) is 5.38 Å². The van der Waals surface area contributed by atoms with Crippen molar-refractivity contribution in [2.75, 3.05) is 25.4 Å². The van der Waals surface area contributed by atoms with Gasteiger partial charge in [0.2, 0.25) is 5.91 Å². The first-order chi connectivity index (χ1) is 10.1. The highest BCUT2D eigenvalue weighted by Crippen LogP contribution is 2.24. The number of aliphatic hydroxyl groups is 2. The molecule has 1 fully saturated rings. The van der Waals surface area contributed by atoms with Gasteiger partial charge in [-0.25, -0.2) is 4.98 Å². The van der Waals surface area contributed by atoms with E-state index < -0.39 is 5.60 Å². The van der Waals surface area contributed by atoms with Gasteiger partial charge in [-0.15, -0.1) is 11.3 Å². The van der Waals surface area contributed by atoms with Crippen molar-refractivity contribution in [2.45, 2.75) is 42.5 Å². The number of thioether (sulfide) groups is 1. The average Bonchev–Trinajstić information content (AvgIpc) is 2.79. The molecular weight excluding hydrogens is 308 g/mol. The van der Waals surface area contributed by atoms with Crippen LogP contribution in [0.5, 0.6) is 0 Å². The van der Waals surface area contributed by atoms with Crippen LogP contribution in [-0.4, -0.2) is 57.1 Å². The van der Waals surface area contributed by atoms with E-state index in [2.05, 4.69) is 11.9 Å². The number of hydrogen-bond donors (Lipinski definition) is 2. The Morgan fingerprint density at radius 2 is 2.33 bits per heavy atom. The van der Waals surface area contributed by atoms with E-state index in [1.54, 1.807) is 28.0 Å². The summed E-state index contributed by atoms with van der Waals surface area (Å²) in [5.74, 6) is 1.03. The maximum atomic E-state index is 12.3. The Bertz CT molecular complexity index is 481. The molecule has 2 heterocycles. The number of thiazole rings is 1. The second-order valence-electron chi connectivity index (χ2n) is 5.33. The molecule has 2 rings (SSSR count). The Morgan fingerprint density at radius 3 is 3.05 bits per heavy atom. The van der Waals surface area contributed by atoms with E-state index in [0.717, 1.165) is 22.2 Å². The van der Waals surface area contributed by atoms with E-state index in [-0.39, 0.29) is 12.5 Å². The SMILES string of the molecule is CCSc1nc(CC(=O)N2CCCC(O)(CO)CC2)cs1.